The van der Waals surface area contributed by atoms with Crippen LogP contribution < -0.4 is 0 Å². The van der Waals surface area contributed by atoms with Crippen LogP contribution in [0.15, 0.2) is 53.7 Å². The molecule has 0 saturated heterocycles. The molecule has 0 aliphatic rings. The number of carbonyl (C=O) groups is 2. The van der Waals surface area contributed by atoms with Gasteiger partial charge in [-0.1, -0.05) is 49.0 Å². The standard InChI is InChI=1S/C20H20N2O3S/c1-3-14-10-11-22-16(12-14)18(20(24)25-4-2)19(21-22)26-13-17(23)15-8-6-5-7-9-15/h5-12H,3-4,13H2,1-2H3. The fourth-order valence-electron chi connectivity index (χ4n) is 2.63. The van der Waals surface area contributed by atoms with Crippen LogP contribution in [-0.2, 0) is 11.2 Å². The lowest BCUT2D eigenvalue weighted by atomic mass is 10.1. The highest BCUT2D eigenvalue weighted by molar-refractivity contribution is 8.00. The number of thioether (sulfide) groups is 1. The Morgan fingerprint density at radius 1 is 1.15 bits per heavy atom. The van der Waals surface area contributed by atoms with Crippen LogP contribution in [0.1, 0.15) is 40.1 Å². The molecule has 1 aromatic carbocycles. The van der Waals surface area contributed by atoms with Crippen LogP contribution in [0.2, 0.25) is 0 Å². The van der Waals surface area contributed by atoms with E-state index in [-0.39, 0.29) is 18.1 Å². The van der Waals surface area contributed by atoms with E-state index in [0.717, 1.165) is 12.0 Å². The molecular weight excluding hydrogens is 348 g/mol. The smallest absolute Gasteiger partial charge is 0.343 e. The fraction of sp³-hybridized carbons (Fsp3) is 0.250. The van der Waals surface area contributed by atoms with Crippen LogP contribution in [0.4, 0.5) is 0 Å². The van der Waals surface area contributed by atoms with Crippen LogP contribution in [0.25, 0.3) is 5.52 Å². The number of Topliss-reactive ketones (excluding diaryl/α,β-unsaturated/α-hetero) is 1. The molecule has 0 aliphatic carbocycles. The monoisotopic (exact) mass is 368 g/mol. The highest BCUT2D eigenvalue weighted by Crippen LogP contribution is 2.27. The third-order valence-electron chi connectivity index (χ3n) is 3.99. The molecule has 0 fully saturated rings. The van der Waals surface area contributed by atoms with Gasteiger partial charge in [-0.05, 0) is 31.0 Å². The van der Waals surface area contributed by atoms with Gasteiger partial charge in [0.05, 0.1) is 17.9 Å². The maximum absolute atomic E-state index is 12.5. The first-order valence-electron chi connectivity index (χ1n) is 8.53. The fourth-order valence-corrected chi connectivity index (χ4v) is 3.54. The molecule has 0 amide bonds. The lowest BCUT2D eigenvalue weighted by Crippen LogP contribution is -2.07. The molecular formula is C20H20N2O3S. The predicted octanol–water partition coefficient (Wildman–Crippen LogP) is 4.05. The number of hydrogen-bond donors (Lipinski definition) is 0. The topological polar surface area (TPSA) is 60.7 Å². The van der Waals surface area contributed by atoms with E-state index in [9.17, 15) is 9.59 Å². The van der Waals surface area contributed by atoms with Gasteiger partial charge in [0.1, 0.15) is 10.6 Å². The minimum absolute atomic E-state index is 0.00304. The third kappa shape index (κ3) is 3.80. The van der Waals surface area contributed by atoms with Gasteiger partial charge in [-0.25, -0.2) is 9.31 Å². The van der Waals surface area contributed by atoms with Crippen molar-refractivity contribution in [1.82, 2.24) is 9.61 Å². The summed E-state index contributed by atoms with van der Waals surface area (Å²) in [6.45, 7) is 4.12. The summed E-state index contributed by atoms with van der Waals surface area (Å²) in [6, 6.07) is 13.0. The minimum atomic E-state index is -0.412. The van der Waals surface area contributed by atoms with Gasteiger partial charge in [0, 0.05) is 11.8 Å². The summed E-state index contributed by atoms with van der Waals surface area (Å²) in [6.07, 6.45) is 2.69. The summed E-state index contributed by atoms with van der Waals surface area (Å²) < 4.78 is 6.88. The summed E-state index contributed by atoms with van der Waals surface area (Å²) in [4.78, 5) is 24.8. The predicted molar refractivity (Wildman–Crippen MR) is 102 cm³/mol. The van der Waals surface area contributed by atoms with E-state index >= 15 is 0 Å². The Hall–Kier alpha value is -2.60. The van der Waals surface area contributed by atoms with Crippen molar-refractivity contribution in [2.24, 2.45) is 0 Å². The summed E-state index contributed by atoms with van der Waals surface area (Å²) in [5.41, 5.74) is 2.89. The van der Waals surface area contributed by atoms with Crippen molar-refractivity contribution in [3.63, 3.8) is 0 Å². The number of pyridine rings is 1. The van der Waals surface area contributed by atoms with Crippen molar-refractivity contribution in [2.75, 3.05) is 12.4 Å². The van der Waals surface area contributed by atoms with E-state index in [1.165, 1.54) is 11.8 Å². The highest BCUT2D eigenvalue weighted by atomic mass is 32.2. The van der Waals surface area contributed by atoms with Crippen molar-refractivity contribution >= 4 is 29.0 Å². The maximum atomic E-state index is 12.5. The number of benzene rings is 1. The van der Waals surface area contributed by atoms with Gasteiger partial charge < -0.3 is 4.74 Å². The largest absolute Gasteiger partial charge is 0.462 e. The van der Waals surface area contributed by atoms with Gasteiger partial charge in [0.25, 0.3) is 0 Å². The van der Waals surface area contributed by atoms with E-state index in [4.69, 9.17) is 4.74 Å². The molecule has 0 radical (unpaired) electrons. The average molecular weight is 368 g/mol. The number of esters is 1. The van der Waals surface area contributed by atoms with Crippen molar-refractivity contribution in [1.29, 1.82) is 0 Å². The van der Waals surface area contributed by atoms with E-state index < -0.39 is 5.97 Å². The Kier molecular flexibility index (Phi) is 5.73. The quantitative estimate of drug-likeness (QED) is 0.358. The van der Waals surface area contributed by atoms with E-state index in [1.807, 2.05) is 36.5 Å². The highest BCUT2D eigenvalue weighted by Gasteiger charge is 2.22. The zero-order valence-corrected chi connectivity index (χ0v) is 15.6. The van der Waals surface area contributed by atoms with Crippen LogP contribution >= 0.6 is 11.8 Å². The minimum Gasteiger partial charge on any atom is -0.462 e. The molecule has 0 saturated carbocycles. The first kappa shape index (κ1) is 18.2. The van der Waals surface area contributed by atoms with E-state index in [0.29, 0.717) is 21.7 Å². The van der Waals surface area contributed by atoms with Crippen LogP contribution in [0.3, 0.4) is 0 Å². The number of nitrogens with zero attached hydrogens (tertiary/aromatic N) is 2. The number of ether oxygens (including phenoxy) is 1. The SMILES string of the molecule is CCOC(=O)c1c(SCC(=O)c2ccccc2)nn2ccc(CC)cc12. The Morgan fingerprint density at radius 3 is 2.62 bits per heavy atom. The number of ketones is 1. The summed E-state index contributed by atoms with van der Waals surface area (Å²) in [5, 5.41) is 5.00. The van der Waals surface area contributed by atoms with Gasteiger partial charge in [-0.15, -0.1) is 0 Å². The van der Waals surface area contributed by atoms with Gasteiger partial charge >= 0.3 is 5.97 Å². The van der Waals surface area contributed by atoms with E-state index in [1.54, 1.807) is 23.6 Å². The van der Waals surface area contributed by atoms with Crippen LogP contribution in [0, 0.1) is 0 Å². The number of aromatic nitrogens is 2. The summed E-state index contributed by atoms with van der Waals surface area (Å²) >= 11 is 1.26. The average Bonchev–Trinajstić information content (AvgIpc) is 3.04. The molecule has 0 aliphatic heterocycles. The molecule has 0 spiro atoms. The zero-order chi connectivity index (χ0) is 18.5. The first-order chi connectivity index (χ1) is 12.6. The number of rotatable bonds is 7. The number of hydrogen-bond acceptors (Lipinski definition) is 5. The molecule has 3 aromatic rings. The number of aryl methyl sites for hydroxylation is 1. The third-order valence-corrected chi connectivity index (χ3v) is 4.96. The Labute approximate surface area is 156 Å². The summed E-state index contributed by atoms with van der Waals surface area (Å²) in [5.74, 6) is -0.205. The molecule has 3 rings (SSSR count). The molecule has 0 bridgehead atoms. The second-order valence-electron chi connectivity index (χ2n) is 5.70. The second kappa shape index (κ2) is 8.19. The Balaban J connectivity index is 1.92. The van der Waals surface area contributed by atoms with Crippen LogP contribution in [-0.4, -0.2) is 33.7 Å². The summed E-state index contributed by atoms with van der Waals surface area (Å²) in [7, 11) is 0. The first-order valence-corrected chi connectivity index (χ1v) is 9.52. The molecule has 0 atom stereocenters. The normalized spacial score (nSPS) is 10.8. The van der Waals surface area contributed by atoms with Crippen molar-refractivity contribution < 1.29 is 14.3 Å². The van der Waals surface area contributed by atoms with Crippen molar-refractivity contribution in [3.05, 3.63) is 65.4 Å². The van der Waals surface area contributed by atoms with Gasteiger partial charge in [-0.2, -0.15) is 5.10 Å². The molecule has 26 heavy (non-hydrogen) atoms. The lowest BCUT2D eigenvalue weighted by Gasteiger charge is -2.04. The molecule has 5 nitrogen and oxygen atoms in total. The zero-order valence-electron chi connectivity index (χ0n) is 14.8. The van der Waals surface area contributed by atoms with Crippen molar-refractivity contribution in [2.45, 2.75) is 25.3 Å². The van der Waals surface area contributed by atoms with E-state index in [2.05, 4.69) is 12.0 Å². The van der Waals surface area contributed by atoms with Gasteiger partial charge in [0.15, 0.2) is 5.78 Å². The molecule has 0 unspecified atom stereocenters. The second-order valence-corrected chi connectivity index (χ2v) is 6.66. The molecule has 134 valence electrons. The Bertz CT molecular complexity index is 935. The molecule has 0 N–H and O–H groups in total. The molecule has 2 heterocycles. The number of fused-ring (bicyclic) bond motifs is 1. The number of carbonyl (C=O) groups excluding carboxylic acids is 2. The lowest BCUT2D eigenvalue weighted by molar-refractivity contribution is 0.0524. The van der Waals surface area contributed by atoms with Crippen molar-refractivity contribution in [3.8, 4) is 0 Å². The molecule has 6 heteroatoms. The molecule has 2 aromatic heterocycles. The van der Waals surface area contributed by atoms with Gasteiger partial charge in [0.2, 0.25) is 0 Å². The maximum Gasteiger partial charge on any atom is 0.343 e. The van der Waals surface area contributed by atoms with Gasteiger partial charge in [-0.3, -0.25) is 4.79 Å². The Morgan fingerprint density at radius 2 is 1.92 bits per heavy atom. The van der Waals surface area contributed by atoms with Crippen LogP contribution in [0.5, 0.6) is 0 Å².